The molecule has 0 saturated carbocycles. The minimum absolute atomic E-state index is 0.215. The highest BCUT2D eigenvalue weighted by atomic mass is 35.5. The molecule has 1 aromatic heterocycles. The molecular formula is C16H18ClFN2. The minimum atomic E-state index is -0.281. The summed E-state index contributed by atoms with van der Waals surface area (Å²) in [6.07, 6.45) is 0. The third-order valence-corrected chi connectivity index (χ3v) is 3.58. The van der Waals surface area contributed by atoms with Gasteiger partial charge < -0.3 is 0 Å². The van der Waals surface area contributed by atoms with Gasteiger partial charge in [0.1, 0.15) is 16.8 Å². The number of aryl methyl sites for hydroxylation is 1. The second-order valence-electron chi connectivity index (χ2n) is 6.02. The van der Waals surface area contributed by atoms with Gasteiger partial charge in [-0.2, -0.15) is 0 Å². The third-order valence-electron chi connectivity index (χ3n) is 3.21. The lowest BCUT2D eigenvalue weighted by Gasteiger charge is -2.19. The van der Waals surface area contributed by atoms with E-state index in [1.165, 1.54) is 12.1 Å². The standard InChI is InChI=1S/C16H18ClFN2/c1-9-6-7-11(18)8-12(9)13-10(2)14(17)20-15(19-13)16(3,4)5/h6-8H,1-5H3. The van der Waals surface area contributed by atoms with Gasteiger partial charge in [0.05, 0.1) is 5.69 Å². The van der Waals surface area contributed by atoms with Crippen molar-refractivity contribution in [3.63, 3.8) is 0 Å². The van der Waals surface area contributed by atoms with Crippen LogP contribution >= 0.6 is 11.6 Å². The van der Waals surface area contributed by atoms with Gasteiger partial charge in [0.2, 0.25) is 0 Å². The fourth-order valence-electron chi connectivity index (χ4n) is 1.94. The van der Waals surface area contributed by atoms with Crippen LogP contribution in [-0.4, -0.2) is 9.97 Å². The van der Waals surface area contributed by atoms with E-state index in [-0.39, 0.29) is 11.2 Å². The van der Waals surface area contributed by atoms with Crippen molar-refractivity contribution in [2.75, 3.05) is 0 Å². The highest BCUT2D eigenvalue weighted by Gasteiger charge is 2.21. The van der Waals surface area contributed by atoms with Crippen LogP contribution in [0.5, 0.6) is 0 Å². The van der Waals surface area contributed by atoms with Crippen LogP contribution in [0.1, 0.15) is 37.7 Å². The maximum absolute atomic E-state index is 13.5. The first-order valence-electron chi connectivity index (χ1n) is 6.51. The van der Waals surface area contributed by atoms with E-state index in [9.17, 15) is 4.39 Å². The Morgan fingerprint density at radius 3 is 2.35 bits per heavy atom. The normalized spacial score (nSPS) is 11.8. The Kier molecular flexibility index (Phi) is 3.83. The number of hydrogen-bond acceptors (Lipinski definition) is 2. The van der Waals surface area contributed by atoms with Gasteiger partial charge >= 0.3 is 0 Å². The third kappa shape index (κ3) is 2.83. The molecule has 2 rings (SSSR count). The Morgan fingerprint density at radius 2 is 1.75 bits per heavy atom. The van der Waals surface area contributed by atoms with Crippen molar-refractivity contribution < 1.29 is 4.39 Å². The predicted molar refractivity (Wildman–Crippen MR) is 80.6 cm³/mol. The van der Waals surface area contributed by atoms with Crippen molar-refractivity contribution in [1.82, 2.24) is 9.97 Å². The zero-order valence-corrected chi connectivity index (χ0v) is 13.1. The van der Waals surface area contributed by atoms with E-state index in [0.29, 0.717) is 16.7 Å². The highest BCUT2D eigenvalue weighted by molar-refractivity contribution is 6.30. The van der Waals surface area contributed by atoms with Crippen LogP contribution in [0.4, 0.5) is 4.39 Å². The fourth-order valence-corrected chi connectivity index (χ4v) is 2.11. The van der Waals surface area contributed by atoms with Crippen LogP contribution < -0.4 is 0 Å². The van der Waals surface area contributed by atoms with Crippen LogP contribution in [-0.2, 0) is 5.41 Å². The van der Waals surface area contributed by atoms with Crippen LogP contribution in [0.2, 0.25) is 5.15 Å². The summed E-state index contributed by atoms with van der Waals surface area (Å²) in [6.45, 7) is 9.86. The first-order chi connectivity index (χ1) is 9.20. The smallest absolute Gasteiger partial charge is 0.136 e. The fraction of sp³-hybridized carbons (Fsp3) is 0.375. The summed E-state index contributed by atoms with van der Waals surface area (Å²) in [5, 5.41) is 0.420. The molecule has 0 fully saturated rings. The van der Waals surface area contributed by atoms with E-state index >= 15 is 0 Å². The molecule has 0 bridgehead atoms. The molecule has 2 aromatic rings. The van der Waals surface area contributed by atoms with Crippen molar-refractivity contribution in [2.45, 2.75) is 40.0 Å². The Balaban J connectivity index is 2.73. The van der Waals surface area contributed by atoms with Gasteiger partial charge in [-0.05, 0) is 31.5 Å². The minimum Gasteiger partial charge on any atom is -0.232 e. The molecule has 0 aliphatic rings. The second-order valence-corrected chi connectivity index (χ2v) is 6.38. The van der Waals surface area contributed by atoms with Gasteiger partial charge in [-0.3, -0.25) is 0 Å². The summed E-state index contributed by atoms with van der Waals surface area (Å²) in [5.41, 5.74) is 2.98. The lowest BCUT2D eigenvalue weighted by atomic mass is 9.94. The predicted octanol–water partition coefficient (Wildman–Crippen LogP) is 4.85. The zero-order chi connectivity index (χ0) is 15.1. The molecule has 4 heteroatoms. The number of rotatable bonds is 1. The van der Waals surface area contributed by atoms with Crippen molar-refractivity contribution in [2.24, 2.45) is 0 Å². The number of aromatic nitrogens is 2. The van der Waals surface area contributed by atoms with Gasteiger partial charge in [0.25, 0.3) is 0 Å². The molecule has 1 heterocycles. The molecule has 0 spiro atoms. The Labute approximate surface area is 124 Å². The first kappa shape index (κ1) is 14.9. The maximum Gasteiger partial charge on any atom is 0.136 e. The zero-order valence-electron chi connectivity index (χ0n) is 12.4. The molecule has 0 amide bonds. The molecule has 0 aliphatic carbocycles. The summed E-state index contributed by atoms with van der Waals surface area (Å²) in [6, 6.07) is 4.69. The van der Waals surface area contributed by atoms with Crippen LogP contribution in [0, 0.1) is 19.7 Å². The van der Waals surface area contributed by atoms with E-state index in [0.717, 1.165) is 16.7 Å². The van der Waals surface area contributed by atoms with Crippen LogP contribution in [0.25, 0.3) is 11.3 Å². The lowest BCUT2D eigenvalue weighted by Crippen LogP contribution is -2.17. The second kappa shape index (κ2) is 5.13. The molecule has 106 valence electrons. The first-order valence-corrected chi connectivity index (χ1v) is 6.89. The van der Waals surface area contributed by atoms with Crippen LogP contribution in [0.3, 0.4) is 0 Å². The molecule has 0 unspecified atom stereocenters. The van der Waals surface area contributed by atoms with Gasteiger partial charge in [0, 0.05) is 16.5 Å². The highest BCUT2D eigenvalue weighted by Crippen LogP contribution is 2.31. The van der Waals surface area contributed by atoms with Crippen LogP contribution in [0.15, 0.2) is 18.2 Å². The van der Waals surface area contributed by atoms with E-state index in [1.54, 1.807) is 6.07 Å². The molecule has 0 aliphatic heterocycles. The molecule has 0 radical (unpaired) electrons. The molecule has 0 N–H and O–H groups in total. The van der Waals surface area contributed by atoms with Crippen molar-refractivity contribution in [1.29, 1.82) is 0 Å². The van der Waals surface area contributed by atoms with E-state index in [2.05, 4.69) is 9.97 Å². The van der Waals surface area contributed by atoms with Gasteiger partial charge in [0.15, 0.2) is 0 Å². The van der Waals surface area contributed by atoms with E-state index in [4.69, 9.17) is 11.6 Å². The maximum atomic E-state index is 13.5. The topological polar surface area (TPSA) is 25.8 Å². The number of benzene rings is 1. The summed E-state index contributed by atoms with van der Waals surface area (Å²) >= 11 is 6.22. The average molecular weight is 293 g/mol. The summed E-state index contributed by atoms with van der Waals surface area (Å²) in [5.74, 6) is 0.379. The summed E-state index contributed by atoms with van der Waals surface area (Å²) in [4.78, 5) is 8.96. The van der Waals surface area contributed by atoms with Crippen molar-refractivity contribution >= 4 is 11.6 Å². The molecule has 1 aromatic carbocycles. The lowest BCUT2D eigenvalue weighted by molar-refractivity contribution is 0.545. The molecule has 2 nitrogen and oxygen atoms in total. The van der Waals surface area contributed by atoms with E-state index in [1.807, 2.05) is 34.6 Å². The Bertz CT molecular complexity index is 660. The molecule has 0 atom stereocenters. The average Bonchev–Trinajstić information content (AvgIpc) is 2.34. The Morgan fingerprint density at radius 1 is 1.10 bits per heavy atom. The van der Waals surface area contributed by atoms with Crippen molar-refractivity contribution in [3.05, 3.63) is 46.1 Å². The van der Waals surface area contributed by atoms with E-state index < -0.39 is 0 Å². The Hall–Kier alpha value is -1.48. The molecule has 20 heavy (non-hydrogen) atoms. The summed E-state index contributed by atoms with van der Waals surface area (Å²) in [7, 11) is 0. The largest absolute Gasteiger partial charge is 0.232 e. The van der Waals surface area contributed by atoms with Gasteiger partial charge in [-0.1, -0.05) is 38.4 Å². The summed E-state index contributed by atoms with van der Waals surface area (Å²) < 4.78 is 13.5. The number of hydrogen-bond donors (Lipinski definition) is 0. The number of nitrogens with zero attached hydrogens (tertiary/aromatic N) is 2. The monoisotopic (exact) mass is 292 g/mol. The molecule has 0 saturated heterocycles. The SMILES string of the molecule is Cc1ccc(F)cc1-c1nc(C(C)(C)C)nc(Cl)c1C. The number of halogens is 2. The molecular weight excluding hydrogens is 275 g/mol. The van der Waals surface area contributed by atoms with Gasteiger partial charge in [-0.15, -0.1) is 0 Å². The van der Waals surface area contributed by atoms with Gasteiger partial charge in [-0.25, -0.2) is 14.4 Å². The van der Waals surface area contributed by atoms with Crippen molar-refractivity contribution in [3.8, 4) is 11.3 Å². The quantitative estimate of drug-likeness (QED) is 0.702.